The maximum Gasteiger partial charge on any atom is 0.123 e. The van der Waals surface area contributed by atoms with Crippen molar-refractivity contribution in [3.63, 3.8) is 0 Å². The molecule has 0 aliphatic heterocycles. The Kier molecular flexibility index (Phi) is 5.67. The predicted molar refractivity (Wildman–Crippen MR) is 93.6 cm³/mol. The molecule has 0 atom stereocenters. The van der Waals surface area contributed by atoms with Crippen LogP contribution in [0.25, 0.3) is 10.6 Å². The van der Waals surface area contributed by atoms with Gasteiger partial charge in [-0.05, 0) is 18.1 Å². The summed E-state index contributed by atoms with van der Waals surface area (Å²) in [6.07, 6.45) is 0. The fraction of sp³-hybridized carbons (Fsp3) is 0.438. The van der Waals surface area contributed by atoms with E-state index in [9.17, 15) is 0 Å². The molecule has 2 rings (SSSR count). The lowest BCUT2D eigenvalue weighted by molar-refractivity contribution is 0.588. The van der Waals surface area contributed by atoms with Gasteiger partial charge in [0.2, 0.25) is 0 Å². The van der Waals surface area contributed by atoms with Gasteiger partial charge in [0.15, 0.2) is 0 Å². The molecule has 0 fully saturated rings. The molecule has 0 saturated carbocycles. The van der Waals surface area contributed by atoms with Gasteiger partial charge in [-0.1, -0.05) is 57.0 Å². The van der Waals surface area contributed by atoms with Crippen LogP contribution in [-0.2, 0) is 6.54 Å². The summed E-state index contributed by atoms with van der Waals surface area (Å²) in [6, 6.07) is 6.13. The molecule has 0 unspecified atom stereocenters. The zero-order chi connectivity index (χ0) is 15.6. The van der Waals surface area contributed by atoms with E-state index in [0.717, 1.165) is 22.8 Å². The van der Waals surface area contributed by atoms with Crippen LogP contribution in [0.5, 0.6) is 0 Å². The first-order chi connectivity index (χ1) is 9.88. The second kappa shape index (κ2) is 7.10. The largest absolute Gasteiger partial charge is 0.310 e. The quantitative estimate of drug-likeness (QED) is 0.749. The van der Waals surface area contributed by atoms with Crippen LogP contribution in [-0.4, -0.2) is 11.0 Å². The third kappa shape index (κ3) is 4.19. The van der Waals surface area contributed by atoms with Crippen LogP contribution in [0.15, 0.2) is 18.2 Å². The average molecular weight is 343 g/mol. The Morgan fingerprint density at radius 3 is 2.43 bits per heavy atom. The summed E-state index contributed by atoms with van der Waals surface area (Å²) in [7, 11) is 0. The van der Waals surface area contributed by atoms with E-state index in [-0.39, 0.29) is 0 Å². The molecule has 21 heavy (non-hydrogen) atoms. The number of aromatic nitrogens is 1. The summed E-state index contributed by atoms with van der Waals surface area (Å²) in [5.41, 5.74) is 2.18. The lowest BCUT2D eigenvalue weighted by Gasteiger charge is -2.09. The first-order valence-electron chi connectivity index (χ1n) is 7.07. The molecule has 0 bridgehead atoms. The van der Waals surface area contributed by atoms with Crippen molar-refractivity contribution < 1.29 is 0 Å². The predicted octanol–water partition coefficient (Wildman–Crippen LogP) is 5.74. The summed E-state index contributed by atoms with van der Waals surface area (Å²) in [4.78, 5) is 6.10. The lowest BCUT2D eigenvalue weighted by Crippen LogP contribution is -2.22. The first-order valence-corrected chi connectivity index (χ1v) is 8.64. The zero-order valence-corrected chi connectivity index (χ0v) is 15.0. The molecule has 0 aliphatic carbocycles. The van der Waals surface area contributed by atoms with Gasteiger partial charge >= 0.3 is 0 Å². The summed E-state index contributed by atoms with van der Waals surface area (Å²) in [5, 5.41) is 5.60. The number of rotatable bonds is 5. The first kappa shape index (κ1) is 16.8. The van der Waals surface area contributed by atoms with Gasteiger partial charge in [-0.3, -0.25) is 0 Å². The average Bonchev–Trinajstić information content (AvgIpc) is 2.84. The highest BCUT2D eigenvalue weighted by atomic mass is 35.5. The molecule has 0 amide bonds. The summed E-state index contributed by atoms with van der Waals surface area (Å²) < 4.78 is 0. The second-order valence-corrected chi connectivity index (χ2v) is 7.54. The molecule has 2 nitrogen and oxygen atoms in total. The Morgan fingerprint density at radius 2 is 1.86 bits per heavy atom. The molecule has 0 radical (unpaired) electrons. The Labute approximate surface area is 140 Å². The molecule has 0 spiro atoms. The number of hydrogen-bond donors (Lipinski definition) is 1. The molecular formula is C16H20Cl2N2S. The molecule has 5 heteroatoms. The smallest absolute Gasteiger partial charge is 0.123 e. The Morgan fingerprint density at radius 1 is 1.14 bits per heavy atom. The van der Waals surface area contributed by atoms with Crippen molar-refractivity contribution >= 4 is 34.5 Å². The van der Waals surface area contributed by atoms with E-state index in [1.165, 1.54) is 4.88 Å². The summed E-state index contributed by atoms with van der Waals surface area (Å²) in [5.74, 6) is 0.404. The van der Waals surface area contributed by atoms with E-state index in [1.807, 2.05) is 18.2 Å². The minimum atomic E-state index is 0.404. The highest BCUT2D eigenvalue weighted by Gasteiger charge is 2.16. The summed E-state index contributed by atoms with van der Waals surface area (Å²) >= 11 is 13.8. The van der Waals surface area contributed by atoms with E-state index in [0.29, 0.717) is 22.0 Å². The monoisotopic (exact) mass is 342 g/mol. The van der Waals surface area contributed by atoms with E-state index >= 15 is 0 Å². The highest BCUT2D eigenvalue weighted by molar-refractivity contribution is 7.15. The van der Waals surface area contributed by atoms with Crippen molar-refractivity contribution in [2.24, 2.45) is 0 Å². The van der Waals surface area contributed by atoms with Crippen LogP contribution in [0.1, 0.15) is 44.2 Å². The maximum absolute atomic E-state index is 6.11. The van der Waals surface area contributed by atoms with Gasteiger partial charge in [0.25, 0.3) is 0 Å². The van der Waals surface area contributed by atoms with Crippen LogP contribution in [0.3, 0.4) is 0 Å². The van der Waals surface area contributed by atoms with Crippen LogP contribution in [0.2, 0.25) is 10.0 Å². The van der Waals surface area contributed by atoms with Crippen LogP contribution in [0.4, 0.5) is 0 Å². The standard InChI is InChI=1S/C16H20Cl2N2S/c1-9(2)15-14(8-19-10(3)4)21-16(20-15)11-5-6-12(17)13(18)7-11/h5-7,9-10,19H,8H2,1-4H3. The van der Waals surface area contributed by atoms with Crippen LogP contribution < -0.4 is 5.32 Å². The van der Waals surface area contributed by atoms with E-state index < -0.39 is 0 Å². The SMILES string of the molecule is CC(C)NCc1sc(-c2ccc(Cl)c(Cl)c2)nc1C(C)C. The number of benzene rings is 1. The van der Waals surface area contributed by atoms with Crippen molar-refractivity contribution in [2.45, 2.75) is 46.2 Å². The minimum absolute atomic E-state index is 0.404. The number of hydrogen-bond acceptors (Lipinski definition) is 3. The number of nitrogens with one attached hydrogen (secondary N) is 1. The number of halogens is 2. The van der Waals surface area contributed by atoms with Gasteiger partial charge < -0.3 is 5.32 Å². The third-order valence-corrected chi connectivity index (χ3v) is 4.97. The second-order valence-electron chi connectivity index (χ2n) is 5.65. The molecule has 2 aromatic rings. The Balaban J connectivity index is 2.36. The molecule has 114 valence electrons. The van der Waals surface area contributed by atoms with Gasteiger partial charge in [-0.2, -0.15) is 0 Å². The van der Waals surface area contributed by atoms with Gasteiger partial charge in [-0.15, -0.1) is 11.3 Å². The lowest BCUT2D eigenvalue weighted by atomic mass is 10.1. The van der Waals surface area contributed by atoms with E-state index in [1.54, 1.807) is 11.3 Å². The zero-order valence-electron chi connectivity index (χ0n) is 12.7. The normalized spacial score (nSPS) is 11.6. The topological polar surface area (TPSA) is 24.9 Å². The Hall–Kier alpha value is -0.610. The fourth-order valence-corrected chi connectivity index (χ4v) is 3.45. The number of nitrogens with zero attached hydrogens (tertiary/aromatic N) is 1. The fourth-order valence-electron chi connectivity index (χ4n) is 1.99. The molecule has 1 heterocycles. The maximum atomic E-state index is 6.11. The number of thiazole rings is 1. The van der Waals surface area contributed by atoms with Crippen molar-refractivity contribution in [1.82, 2.24) is 10.3 Å². The molecule has 1 aromatic carbocycles. The van der Waals surface area contributed by atoms with Gasteiger partial charge in [0.05, 0.1) is 15.7 Å². The van der Waals surface area contributed by atoms with Crippen molar-refractivity contribution in [2.75, 3.05) is 0 Å². The molecular weight excluding hydrogens is 323 g/mol. The van der Waals surface area contributed by atoms with Crippen LogP contribution >= 0.6 is 34.5 Å². The molecule has 0 aliphatic rings. The molecule has 1 aromatic heterocycles. The minimum Gasteiger partial charge on any atom is -0.310 e. The van der Waals surface area contributed by atoms with Crippen LogP contribution in [0, 0.1) is 0 Å². The highest BCUT2D eigenvalue weighted by Crippen LogP contribution is 2.34. The third-order valence-electron chi connectivity index (χ3n) is 3.11. The summed E-state index contributed by atoms with van der Waals surface area (Å²) in [6.45, 7) is 9.50. The molecule has 1 N–H and O–H groups in total. The van der Waals surface area contributed by atoms with Crippen molar-refractivity contribution in [1.29, 1.82) is 0 Å². The van der Waals surface area contributed by atoms with Gasteiger partial charge in [0.1, 0.15) is 5.01 Å². The van der Waals surface area contributed by atoms with Crippen molar-refractivity contribution in [3.05, 3.63) is 38.8 Å². The van der Waals surface area contributed by atoms with E-state index in [4.69, 9.17) is 28.2 Å². The molecule has 0 saturated heterocycles. The van der Waals surface area contributed by atoms with Crippen molar-refractivity contribution in [3.8, 4) is 10.6 Å². The van der Waals surface area contributed by atoms with Gasteiger partial charge in [0, 0.05) is 23.0 Å². The Bertz CT molecular complexity index is 621. The van der Waals surface area contributed by atoms with E-state index in [2.05, 4.69) is 33.0 Å². The van der Waals surface area contributed by atoms with Gasteiger partial charge in [-0.25, -0.2) is 4.98 Å².